The highest BCUT2D eigenvalue weighted by atomic mass is 35.5. The predicted octanol–water partition coefficient (Wildman–Crippen LogP) is 2.60. The maximum absolute atomic E-state index is 5.78. The molecule has 8 heavy (non-hydrogen) atoms. The molecule has 0 spiro atoms. The van der Waals surface area contributed by atoms with Crippen LogP contribution in [0.5, 0.6) is 0 Å². The van der Waals surface area contributed by atoms with Crippen LogP contribution < -0.4 is 0 Å². The summed E-state index contributed by atoms with van der Waals surface area (Å²) in [5.41, 5.74) is 0. The fraction of sp³-hybridized carbons (Fsp3) is 1.00. The summed E-state index contributed by atoms with van der Waals surface area (Å²) in [4.78, 5) is 0. The molecule has 0 aromatic heterocycles. The minimum Gasteiger partial charge on any atom is -0.139 e. The first-order valence-corrected chi connectivity index (χ1v) is 5.29. The van der Waals surface area contributed by atoms with E-state index in [9.17, 15) is 0 Å². The molecule has 4 heteroatoms. The van der Waals surface area contributed by atoms with Crippen LogP contribution in [-0.4, -0.2) is 20.9 Å². The van der Waals surface area contributed by atoms with E-state index in [0.29, 0.717) is 0 Å². The van der Waals surface area contributed by atoms with E-state index in [-0.39, 0.29) is 9.42 Å². The molecule has 0 aliphatic carbocycles. The molecule has 1 fully saturated rings. The lowest BCUT2D eigenvalue weighted by Gasteiger charge is -2.19. The van der Waals surface area contributed by atoms with Crippen LogP contribution in [0.2, 0.25) is 0 Å². The Hall–Kier alpha value is 1.28. The molecule has 0 N–H and O–H groups in total. The van der Waals surface area contributed by atoms with Gasteiger partial charge in [-0.3, -0.25) is 0 Å². The molecular weight excluding hydrogens is 183 g/mol. The summed E-state index contributed by atoms with van der Waals surface area (Å²) in [5.74, 6) is 2.28. The van der Waals surface area contributed by atoms with Gasteiger partial charge in [-0.25, -0.2) is 0 Å². The SMILES string of the molecule is ClC1SCCSC1Cl. The standard InChI is InChI=1S/C4H6Cl2S2/c5-3-4(6)8-2-1-7-3/h3-4H,1-2H2. The molecule has 1 saturated heterocycles. The van der Waals surface area contributed by atoms with Gasteiger partial charge in [0.15, 0.2) is 0 Å². The van der Waals surface area contributed by atoms with Gasteiger partial charge in [-0.2, -0.15) is 0 Å². The summed E-state index contributed by atoms with van der Waals surface area (Å²) in [6, 6.07) is 0. The molecule has 0 amide bonds. The highest BCUT2D eigenvalue weighted by Crippen LogP contribution is 2.35. The zero-order valence-corrected chi connectivity index (χ0v) is 7.29. The molecule has 0 saturated carbocycles. The highest BCUT2D eigenvalue weighted by Gasteiger charge is 2.21. The number of rotatable bonds is 0. The van der Waals surface area contributed by atoms with Gasteiger partial charge in [-0.05, 0) is 0 Å². The van der Waals surface area contributed by atoms with Crippen LogP contribution in [0.15, 0.2) is 0 Å². The molecule has 48 valence electrons. The van der Waals surface area contributed by atoms with Crippen molar-refractivity contribution in [3.05, 3.63) is 0 Å². The number of thioether (sulfide) groups is 2. The zero-order chi connectivity index (χ0) is 5.98. The molecule has 0 radical (unpaired) electrons. The largest absolute Gasteiger partial charge is 0.139 e. The van der Waals surface area contributed by atoms with Crippen molar-refractivity contribution in [2.24, 2.45) is 0 Å². The molecule has 1 aliphatic rings. The van der Waals surface area contributed by atoms with Crippen LogP contribution in [-0.2, 0) is 0 Å². The van der Waals surface area contributed by atoms with Gasteiger partial charge in [-0.15, -0.1) is 46.7 Å². The fourth-order valence-electron chi connectivity index (χ4n) is 0.473. The van der Waals surface area contributed by atoms with Crippen LogP contribution >= 0.6 is 46.7 Å². The quantitative estimate of drug-likeness (QED) is 0.537. The van der Waals surface area contributed by atoms with Crippen LogP contribution in [0.4, 0.5) is 0 Å². The van der Waals surface area contributed by atoms with E-state index >= 15 is 0 Å². The van der Waals surface area contributed by atoms with Crippen molar-refractivity contribution in [2.75, 3.05) is 11.5 Å². The third kappa shape index (κ3) is 1.90. The lowest BCUT2D eigenvalue weighted by molar-refractivity contribution is 1.28. The Morgan fingerprint density at radius 2 is 1.38 bits per heavy atom. The molecule has 0 aromatic rings. The topological polar surface area (TPSA) is 0 Å². The fourth-order valence-corrected chi connectivity index (χ4v) is 3.44. The van der Waals surface area contributed by atoms with Crippen molar-refractivity contribution < 1.29 is 0 Å². The van der Waals surface area contributed by atoms with Crippen molar-refractivity contribution in [2.45, 2.75) is 9.42 Å². The van der Waals surface area contributed by atoms with Gasteiger partial charge in [0, 0.05) is 11.5 Å². The van der Waals surface area contributed by atoms with Crippen molar-refractivity contribution in [1.29, 1.82) is 0 Å². The Morgan fingerprint density at radius 1 is 1.00 bits per heavy atom. The predicted molar refractivity (Wildman–Crippen MR) is 44.2 cm³/mol. The third-order valence-corrected chi connectivity index (χ3v) is 5.02. The van der Waals surface area contributed by atoms with Gasteiger partial charge >= 0.3 is 0 Å². The minimum atomic E-state index is 0.121. The molecule has 0 bridgehead atoms. The monoisotopic (exact) mass is 188 g/mol. The number of hydrogen-bond acceptors (Lipinski definition) is 2. The van der Waals surface area contributed by atoms with Gasteiger partial charge in [0.25, 0.3) is 0 Å². The first-order valence-electron chi connectivity index (χ1n) is 2.32. The number of halogens is 2. The van der Waals surface area contributed by atoms with Crippen LogP contribution in [0, 0.1) is 0 Å². The molecular formula is C4H6Cl2S2. The van der Waals surface area contributed by atoms with Crippen LogP contribution in [0.3, 0.4) is 0 Å². The summed E-state index contributed by atoms with van der Waals surface area (Å²) >= 11 is 15.0. The lowest BCUT2D eigenvalue weighted by atomic mass is 10.9. The smallest absolute Gasteiger partial charge is 0.104 e. The van der Waals surface area contributed by atoms with E-state index in [1.165, 1.54) is 0 Å². The summed E-state index contributed by atoms with van der Waals surface area (Å²) in [7, 11) is 0. The van der Waals surface area contributed by atoms with Crippen LogP contribution in [0.25, 0.3) is 0 Å². The summed E-state index contributed by atoms with van der Waals surface area (Å²) < 4.78 is 0.242. The van der Waals surface area contributed by atoms with Crippen LogP contribution in [0.1, 0.15) is 0 Å². The van der Waals surface area contributed by atoms with Crippen molar-refractivity contribution in [3.63, 3.8) is 0 Å². The van der Waals surface area contributed by atoms with Crippen molar-refractivity contribution in [3.8, 4) is 0 Å². The molecule has 2 unspecified atom stereocenters. The number of hydrogen-bond donors (Lipinski definition) is 0. The van der Waals surface area contributed by atoms with Gasteiger partial charge in [0.1, 0.15) is 9.42 Å². The van der Waals surface area contributed by atoms with E-state index in [1.807, 2.05) is 0 Å². The Balaban J connectivity index is 2.28. The Bertz CT molecular complexity index is 68.4. The van der Waals surface area contributed by atoms with Gasteiger partial charge < -0.3 is 0 Å². The maximum Gasteiger partial charge on any atom is 0.104 e. The van der Waals surface area contributed by atoms with E-state index in [2.05, 4.69) is 0 Å². The molecule has 0 aromatic carbocycles. The summed E-state index contributed by atoms with van der Waals surface area (Å²) in [6.07, 6.45) is 0. The van der Waals surface area contributed by atoms with Gasteiger partial charge in [0.2, 0.25) is 0 Å². The Morgan fingerprint density at radius 3 is 1.62 bits per heavy atom. The molecule has 1 heterocycles. The number of alkyl halides is 2. The normalized spacial score (nSPS) is 39.8. The summed E-state index contributed by atoms with van der Waals surface area (Å²) in [6.45, 7) is 0. The Kier molecular flexibility index (Phi) is 3.18. The average molecular weight is 189 g/mol. The first-order chi connectivity index (χ1) is 3.80. The zero-order valence-electron chi connectivity index (χ0n) is 4.14. The minimum absolute atomic E-state index is 0.121. The summed E-state index contributed by atoms with van der Waals surface area (Å²) in [5, 5.41) is 0. The van der Waals surface area contributed by atoms with Crippen molar-refractivity contribution in [1.82, 2.24) is 0 Å². The molecule has 1 aliphatic heterocycles. The van der Waals surface area contributed by atoms with E-state index in [1.54, 1.807) is 23.5 Å². The highest BCUT2D eigenvalue weighted by molar-refractivity contribution is 8.08. The maximum atomic E-state index is 5.78. The van der Waals surface area contributed by atoms with E-state index < -0.39 is 0 Å². The second-order valence-corrected chi connectivity index (χ2v) is 5.40. The second-order valence-electron chi connectivity index (χ2n) is 1.44. The average Bonchev–Trinajstić information content (AvgIpc) is 1.77. The van der Waals surface area contributed by atoms with E-state index in [4.69, 9.17) is 23.2 Å². The lowest BCUT2D eigenvalue weighted by Crippen LogP contribution is -2.14. The van der Waals surface area contributed by atoms with Gasteiger partial charge in [-0.1, -0.05) is 0 Å². The van der Waals surface area contributed by atoms with Gasteiger partial charge in [0.05, 0.1) is 0 Å². The Labute approximate surface area is 67.7 Å². The van der Waals surface area contributed by atoms with Crippen molar-refractivity contribution >= 4 is 46.7 Å². The molecule has 0 nitrogen and oxygen atoms in total. The second kappa shape index (κ2) is 3.45. The van der Waals surface area contributed by atoms with E-state index in [0.717, 1.165) is 11.5 Å². The first kappa shape index (κ1) is 7.39. The molecule has 1 rings (SSSR count). The molecule has 2 atom stereocenters. The third-order valence-electron chi connectivity index (χ3n) is 0.844.